The molecule has 0 amide bonds. The topological polar surface area (TPSA) is 53.7 Å². The van der Waals surface area contributed by atoms with Crippen molar-refractivity contribution in [3.63, 3.8) is 0 Å². The molecule has 1 aromatic rings. The summed E-state index contributed by atoms with van der Waals surface area (Å²) in [5, 5.41) is 0. The second kappa shape index (κ2) is 8.01. The molecule has 1 aliphatic rings. The third-order valence-corrected chi connectivity index (χ3v) is 3.85. The third kappa shape index (κ3) is 5.49. The summed E-state index contributed by atoms with van der Waals surface area (Å²) in [6.45, 7) is 5.57. The van der Waals surface area contributed by atoms with Gasteiger partial charge in [0.2, 0.25) is 0 Å². The van der Waals surface area contributed by atoms with Crippen LogP contribution in [-0.2, 0) is 11.2 Å². The molecule has 0 spiro atoms. The molecule has 0 aromatic heterocycles. The number of ether oxygens (including phenoxy) is 3. The van der Waals surface area contributed by atoms with Gasteiger partial charge in [-0.25, -0.2) is 0 Å². The molecular formula is C16H24BrNO3. The Hall–Kier alpha value is -0.780. The maximum Gasteiger partial charge on any atom is 0.189 e. The van der Waals surface area contributed by atoms with Crippen LogP contribution in [0.15, 0.2) is 16.6 Å². The van der Waals surface area contributed by atoms with Crippen LogP contribution in [-0.4, -0.2) is 26.0 Å². The van der Waals surface area contributed by atoms with Gasteiger partial charge in [0.15, 0.2) is 18.3 Å². The smallest absolute Gasteiger partial charge is 0.189 e. The lowest BCUT2D eigenvalue weighted by Crippen LogP contribution is -2.18. The van der Waals surface area contributed by atoms with Crippen molar-refractivity contribution in [1.29, 1.82) is 0 Å². The Bertz CT molecular complexity index is 461. The van der Waals surface area contributed by atoms with Crippen molar-refractivity contribution in [2.24, 2.45) is 11.7 Å². The van der Waals surface area contributed by atoms with Crippen LogP contribution in [0.1, 0.15) is 32.3 Å². The van der Waals surface area contributed by atoms with Gasteiger partial charge >= 0.3 is 0 Å². The first-order valence-corrected chi connectivity index (χ1v) is 8.30. The summed E-state index contributed by atoms with van der Waals surface area (Å²) in [7, 11) is 0. The largest absolute Gasteiger partial charge is 0.490 e. The van der Waals surface area contributed by atoms with Gasteiger partial charge in [-0.1, -0.05) is 0 Å². The molecule has 118 valence electrons. The number of nitrogens with two attached hydrogens (primary N) is 1. The van der Waals surface area contributed by atoms with Crippen LogP contribution in [0.4, 0.5) is 0 Å². The Morgan fingerprint density at radius 1 is 1.33 bits per heavy atom. The molecule has 1 aromatic carbocycles. The lowest BCUT2D eigenvalue weighted by molar-refractivity contribution is 0.00795. The standard InChI is InChI=1S/C16H24BrNO3/c1-3-20-15-8-13(6-11(2)18)7-14(17)16(15)21-10-19-9-12-4-5-12/h7-8,11-12H,3-6,9-10,18H2,1-2H3. The van der Waals surface area contributed by atoms with Crippen LogP contribution >= 0.6 is 15.9 Å². The average Bonchev–Trinajstić information content (AvgIpc) is 3.20. The van der Waals surface area contributed by atoms with Crippen molar-refractivity contribution in [2.45, 2.75) is 39.2 Å². The minimum atomic E-state index is 0.111. The van der Waals surface area contributed by atoms with Gasteiger partial charge in [0, 0.05) is 6.04 Å². The van der Waals surface area contributed by atoms with Crippen molar-refractivity contribution in [2.75, 3.05) is 20.0 Å². The second-order valence-electron chi connectivity index (χ2n) is 5.60. The zero-order chi connectivity index (χ0) is 15.2. The Morgan fingerprint density at radius 3 is 2.71 bits per heavy atom. The molecule has 4 nitrogen and oxygen atoms in total. The molecule has 1 aliphatic carbocycles. The van der Waals surface area contributed by atoms with E-state index < -0.39 is 0 Å². The maximum atomic E-state index is 5.86. The summed E-state index contributed by atoms with van der Waals surface area (Å²) in [6, 6.07) is 4.13. The SMILES string of the molecule is CCOc1cc(CC(C)N)cc(Br)c1OCOCC1CC1. The fraction of sp³-hybridized carbons (Fsp3) is 0.625. The van der Waals surface area contributed by atoms with Crippen LogP contribution < -0.4 is 15.2 Å². The highest BCUT2D eigenvalue weighted by Gasteiger charge is 2.21. The zero-order valence-corrected chi connectivity index (χ0v) is 14.3. The number of rotatable bonds is 9. The molecular weight excluding hydrogens is 334 g/mol. The first-order valence-electron chi connectivity index (χ1n) is 7.51. The first-order chi connectivity index (χ1) is 10.1. The van der Waals surface area contributed by atoms with E-state index >= 15 is 0 Å². The molecule has 2 rings (SSSR count). The minimum Gasteiger partial charge on any atom is -0.490 e. The summed E-state index contributed by atoms with van der Waals surface area (Å²) in [4.78, 5) is 0. The quantitative estimate of drug-likeness (QED) is 0.542. The highest BCUT2D eigenvalue weighted by molar-refractivity contribution is 9.10. The highest BCUT2D eigenvalue weighted by Crippen LogP contribution is 2.37. The molecule has 0 heterocycles. The summed E-state index contributed by atoms with van der Waals surface area (Å²) >= 11 is 3.55. The van der Waals surface area contributed by atoms with Crippen LogP contribution in [0, 0.1) is 5.92 Å². The molecule has 1 saturated carbocycles. The van der Waals surface area contributed by atoms with Gasteiger partial charge in [-0.15, -0.1) is 0 Å². The molecule has 5 heteroatoms. The van der Waals surface area contributed by atoms with Crippen molar-refractivity contribution < 1.29 is 14.2 Å². The Balaban J connectivity index is 2.01. The van der Waals surface area contributed by atoms with Gasteiger partial charge in [0.05, 0.1) is 17.7 Å². The fourth-order valence-electron chi connectivity index (χ4n) is 2.11. The summed E-state index contributed by atoms with van der Waals surface area (Å²) in [5.41, 5.74) is 6.99. The van der Waals surface area contributed by atoms with Crippen LogP contribution in [0.5, 0.6) is 11.5 Å². The highest BCUT2D eigenvalue weighted by atomic mass is 79.9. The molecule has 0 radical (unpaired) electrons. The molecule has 0 aliphatic heterocycles. The summed E-state index contributed by atoms with van der Waals surface area (Å²) < 4.78 is 17.8. The van der Waals surface area contributed by atoms with Gasteiger partial charge in [0.1, 0.15) is 0 Å². The van der Waals surface area contributed by atoms with E-state index in [-0.39, 0.29) is 12.8 Å². The number of benzene rings is 1. The normalized spacial score (nSPS) is 15.8. The zero-order valence-electron chi connectivity index (χ0n) is 12.7. The Kier molecular flexibility index (Phi) is 6.33. The maximum absolute atomic E-state index is 5.86. The molecule has 2 N–H and O–H groups in total. The van der Waals surface area contributed by atoms with E-state index in [1.807, 2.05) is 26.0 Å². The monoisotopic (exact) mass is 357 g/mol. The van der Waals surface area contributed by atoms with E-state index in [0.29, 0.717) is 12.4 Å². The summed E-state index contributed by atoms with van der Waals surface area (Å²) in [5.74, 6) is 2.16. The Labute approximate surface area is 135 Å². The molecule has 1 unspecified atom stereocenters. The Morgan fingerprint density at radius 2 is 2.10 bits per heavy atom. The number of halogens is 1. The van der Waals surface area contributed by atoms with Gasteiger partial charge in [-0.05, 0) is 72.7 Å². The number of hydrogen-bond acceptors (Lipinski definition) is 4. The van der Waals surface area contributed by atoms with Crippen LogP contribution in [0.25, 0.3) is 0 Å². The minimum absolute atomic E-state index is 0.111. The third-order valence-electron chi connectivity index (χ3n) is 3.26. The molecule has 0 bridgehead atoms. The van der Waals surface area contributed by atoms with Gasteiger partial charge in [-0.3, -0.25) is 0 Å². The fourth-order valence-corrected chi connectivity index (χ4v) is 2.72. The predicted octanol–water partition coefficient (Wildman–Crippen LogP) is 3.50. The first kappa shape index (κ1) is 16.6. The van der Waals surface area contributed by atoms with E-state index in [9.17, 15) is 0 Å². The van der Waals surface area contributed by atoms with E-state index in [1.54, 1.807) is 0 Å². The van der Waals surface area contributed by atoms with Crippen LogP contribution in [0.3, 0.4) is 0 Å². The molecule has 1 fully saturated rings. The average molecular weight is 358 g/mol. The lowest BCUT2D eigenvalue weighted by atomic mass is 10.1. The van der Waals surface area contributed by atoms with E-state index in [0.717, 1.165) is 34.7 Å². The van der Waals surface area contributed by atoms with E-state index in [2.05, 4.69) is 15.9 Å². The van der Waals surface area contributed by atoms with Crippen molar-refractivity contribution >= 4 is 15.9 Å². The van der Waals surface area contributed by atoms with E-state index in [4.69, 9.17) is 19.9 Å². The second-order valence-corrected chi connectivity index (χ2v) is 6.45. The van der Waals surface area contributed by atoms with Gasteiger partial charge in [-0.2, -0.15) is 0 Å². The van der Waals surface area contributed by atoms with E-state index in [1.165, 1.54) is 12.8 Å². The van der Waals surface area contributed by atoms with Crippen LogP contribution in [0.2, 0.25) is 0 Å². The summed E-state index contributed by atoms with van der Waals surface area (Å²) in [6.07, 6.45) is 3.36. The lowest BCUT2D eigenvalue weighted by Gasteiger charge is -2.16. The van der Waals surface area contributed by atoms with Gasteiger partial charge < -0.3 is 19.9 Å². The van der Waals surface area contributed by atoms with Crippen molar-refractivity contribution in [3.05, 3.63) is 22.2 Å². The predicted molar refractivity (Wildman–Crippen MR) is 86.8 cm³/mol. The molecule has 1 atom stereocenters. The molecule has 21 heavy (non-hydrogen) atoms. The van der Waals surface area contributed by atoms with Gasteiger partial charge in [0.25, 0.3) is 0 Å². The van der Waals surface area contributed by atoms with Crippen molar-refractivity contribution in [1.82, 2.24) is 0 Å². The molecule has 0 saturated heterocycles. The van der Waals surface area contributed by atoms with Crippen molar-refractivity contribution in [3.8, 4) is 11.5 Å². The number of hydrogen-bond donors (Lipinski definition) is 1.